The predicted octanol–water partition coefficient (Wildman–Crippen LogP) is 1.56. The lowest BCUT2D eigenvalue weighted by Gasteiger charge is -2.27. The van der Waals surface area contributed by atoms with Gasteiger partial charge in [-0.1, -0.05) is 24.3 Å². The minimum Gasteiger partial charge on any atom is -0.394 e. The van der Waals surface area contributed by atoms with Crippen molar-refractivity contribution in [3.05, 3.63) is 47.5 Å². The quantitative estimate of drug-likeness (QED) is 0.463. The van der Waals surface area contributed by atoms with Crippen LogP contribution >= 0.6 is 0 Å². The predicted molar refractivity (Wildman–Crippen MR) is 113 cm³/mol. The monoisotopic (exact) mass is 391 g/mol. The van der Waals surface area contributed by atoms with Crippen molar-refractivity contribution in [2.24, 2.45) is 0 Å². The molecule has 150 valence electrons. The Morgan fingerprint density at radius 3 is 2.66 bits per heavy atom. The number of benzene rings is 2. The number of carbonyl (C=O) groups is 1. The Morgan fingerprint density at radius 1 is 1.07 bits per heavy atom. The summed E-state index contributed by atoms with van der Waals surface area (Å²) in [7, 11) is 0. The Kier molecular flexibility index (Phi) is 4.79. The Morgan fingerprint density at radius 2 is 1.86 bits per heavy atom. The molecular weight excluding hydrogens is 366 g/mol. The van der Waals surface area contributed by atoms with Crippen LogP contribution in [0, 0.1) is 0 Å². The number of aliphatic hydroxyl groups is 1. The van der Waals surface area contributed by atoms with Crippen molar-refractivity contribution in [3.63, 3.8) is 0 Å². The number of anilines is 1. The van der Waals surface area contributed by atoms with Gasteiger partial charge in [0.1, 0.15) is 5.69 Å². The van der Waals surface area contributed by atoms with Gasteiger partial charge < -0.3 is 15.7 Å². The summed E-state index contributed by atoms with van der Waals surface area (Å²) >= 11 is 0. The van der Waals surface area contributed by atoms with Crippen molar-refractivity contribution in [2.75, 3.05) is 51.2 Å². The highest BCUT2D eigenvalue weighted by molar-refractivity contribution is 6.27. The number of rotatable bonds is 6. The molecule has 2 heterocycles. The van der Waals surface area contributed by atoms with Gasteiger partial charge in [0.25, 0.3) is 0 Å². The van der Waals surface area contributed by atoms with Crippen molar-refractivity contribution in [1.82, 2.24) is 20.0 Å². The van der Waals surface area contributed by atoms with E-state index < -0.39 is 0 Å². The molecule has 29 heavy (non-hydrogen) atoms. The number of aliphatic hydroxyl groups excluding tert-OH is 1. The zero-order valence-corrected chi connectivity index (χ0v) is 16.3. The van der Waals surface area contributed by atoms with Crippen LogP contribution in [0.1, 0.15) is 15.9 Å². The summed E-state index contributed by atoms with van der Waals surface area (Å²) < 4.78 is 1.80. The molecule has 3 aromatic rings. The zero-order valence-electron chi connectivity index (χ0n) is 16.3. The summed E-state index contributed by atoms with van der Waals surface area (Å²) in [5.41, 5.74) is 4.82. The van der Waals surface area contributed by atoms with Gasteiger partial charge >= 0.3 is 0 Å². The van der Waals surface area contributed by atoms with Gasteiger partial charge in [0.05, 0.1) is 24.2 Å². The summed E-state index contributed by atoms with van der Waals surface area (Å²) in [6.45, 7) is 6.30. The molecule has 0 amide bonds. The smallest absolute Gasteiger partial charge is 0.196 e. The third-order valence-electron chi connectivity index (χ3n) is 5.84. The van der Waals surface area contributed by atoms with Crippen molar-refractivity contribution >= 4 is 22.4 Å². The lowest BCUT2D eigenvalue weighted by atomic mass is 9.86. The molecule has 0 radical (unpaired) electrons. The molecule has 1 saturated heterocycles. The highest BCUT2D eigenvalue weighted by Crippen LogP contribution is 2.41. The molecule has 1 aliphatic heterocycles. The van der Waals surface area contributed by atoms with Crippen LogP contribution in [0.15, 0.2) is 36.4 Å². The summed E-state index contributed by atoms with van der Waals surface area (Å²) in [5, 5.41) is 21.9. The molecule has 2 aromatic carbocycles. The highest BCUT2D eigenvalue weighted by atomic mass is 16.3. The van der Waals surface area contributed by atoms with Crippen molar-refractivity contribution < 1.29 is 9.90 Å². The van der Waals surface area contributed by atoms with E-state index >= 15 is 0 Å². The van der Waals surface area contributed by atoms with Crippen LogP contribution in [0.25, 0.3) is 22.2 Å². The van der Waals surface area contributed by atoms with Crippen LogP contribution in [-0.2, 0) is 6.54 Å². The van der Waals surface area contributed by atoms with Crippen LogP contribution in [0.2, 0.25) is 0 Å². The summed E-state index contributed by atoms with van der Waals surface area (Å²) in [5.74, 6) is 0.0342. The first kappa shape index (κ1) is 18.3. The van der Waals surface area contributed by atoms with E-state index in [1.54, 1.807) is 4.68 Å². The van der Waals surface area contributed by atoms with E-state index in [0.29, 0.717) is 17.7 Å². The molecule has 7 nitrogen and oxygen atoms in total. The van der Waals surface area contributed by atoms with Crippen LogP contribution in [0.4, 0.5) is 5.69 Å². The van der Waals surface area contributed by atoms with Crippen molar-refractivity contribution in [3.8, 4) is 11.3 Å². The third kappa shape index (κ3) is 3.11. The Labute approximate surface area is 169 Å². The molecule has 0 saturated carbocycles. The fraction of sp³-hybridized carbons (Fsp3) is 0.364. The second-order valence-corrected chi connectivity index (χ2v) is 7.57. The van der Waals surface area contributed by atoms with Crippen molar-refractivity contribution in [1.29, 1.82) is 0 Å². The third-order valence-corrected chi connectivity index (χ3v) is 5.84. The largest absolute Gasteiger partial charge is 0.394 e. The van der Waals surface area contributed by atoms with E-state index in [1.807, 2.05) is 36.4 Å². The molecule has 0 bridgehead atoms. The Hall–Kier alpha value is -2.74. The van der Waals surface area contributed by atoms with Gasteiger partial charge in [-0.25, -0.2) is 0 Å². The van der Waals surface area contributed by atoms with E-state index in [4.69, 9.17) is 5.10 Å². The maximum Gasteiger partial charge on any atom is 0.196 e. The van der Waals surface area contributed by atoms with Crippen LogP contribution in [0.3, 0.4) is 0 Å². The van der Waals surface area contributed by atoms with Crippen molar-refractivity contribution in [2.45, 2.75) is 6.54 Å². The Balaban J connectivity index is 1.54. The van der Waals surface area contributed by atoms with Gasteiger partial charge in [-0.3, -0.25) is 14.4 Å². The van der Waals surface area contributed by atoms with Gasteiger partial charge in [0.2, 0.25) is 0 Å². The van der Waals surface area contributed by atoms with E-state index in [1.165, 1.54) is 0 Å². The van der Waals surface area contributed by atoms with Gasteiger partial charge in [0, 0.05) is 61.5 Å². The molecule has 3 N–H and O–H groups in total. The highest BCUT2D eigenvalue weighted by Gasteiger charge is 2.30. The number of carbonyl (C=O) groups excluding carboxylic acids is 1. The molecule has 0 unspecified atom stereocenters. The summed E-state index contributed by atoms with van der Waals surface area (Å²) in [6.07, 6.45) is 0. The fourth-order valence-corrected chi connectivity index (χ4v) is 4.41. The SMILES string of the molecule is O=C1c2ccccc2-c2nn(CCO)c3ccc(NCCN4CCNCC4)c1c23. The van der Waals surface area contributed by atoms with E-state index in [-0.39, 0.29) is 12.4 Å². The molecule has 1 aliphatic carbocycles. The number of nitrogens with zero attached hydrogens (tertiary/aromatic N) is 3. The average Bonchev–Trinajstić information content (AvgIpc) is 3.12. The standard InChI is InChI=1S/C22H25N5O2/c28-14-13-27-18-6-5-17(24-9-12-26-10-7-23-8-11-26)19-20(18)21(25-27)15-3-1-2-4-16(15)22(19)29/h1-6,23-24,28H,7-14H2. The van der Waals surface area contributed by atoms with Gasteiger partial charge in [0.15, 0.2) is 5.78 Å². The molecule has 0 atom stereocenters. The Bertz CT molecular complexity index is 1070. The molecule has 1 fully saturated rings. The number of hydrogen-bond donors (Lipinski definition) is 3. The minimum atomic E-state index is 0.00579. The minimum absolute atomic E-state index is 0.00579. The molecule has 1 aromatic heterocycles. The number of piperazine rings is 1. The van der Waals surface area contributed by atoms with E-state index in [0.717, 1.165) is 67.1 Å². The normalized spacial score (nSPS) is 16.2. The van der Waals surface area contributed by atoms with Gasteiger partial charge in [-0.05, 0) is 12.1 Å². The lowest BCUT2D eigenvalue weighted by Crippen LogP contribution is -2.45. The van der Waals surface area contributed by atoms with Crippen LogP contribution in [0.5, 0.6) is 0 Å². The molecule has 5 rings (SSSR count). The maximum atomic E-state index is 13.4. The van der Waals surface area contributed by atoms with E-state index in [9.17, 15) is 9.90 Å². The number of aromatic nitrogens is 2. The van der Waals surface area contributed by atoms with E-state index in [2.05, 4.69) is 15.5 Å². The molecule has 0 spiro atoms. The first-order valence-corrected chi connectivity index (χ1v) is 10.2. The number of fused-ring (bicyclic) bond motifs is 2. The van der Waals surface area contributed by atoms with Gasteiger partial charge in [-0.2, -0.15) is 5.10 Å². The second-order valence-electron chi connectivity index (χ2n) is 7.57. The molecule has 7 heteroatoms. The average molecular weight is 391 g/mol. The zero-order chi connectivity index (χ0) is 19.8. The first-order valence-electron chi connectivity index (χ1n) is 10.2. The number of nitrogens with one attached hydrogen (secondary N) is 2. The van der Waals surface area contributed by atoms with Crippen LogP contribution < -0.4 is 10.6 Å². The lowest BCUT2D eigenvalue weighted by molar-refractivity contribution is 0.104. The number of ketones is 1. The second kappa shape index (κ2) is 7.59. The first-order chi connectivity index (χ1) is 14.3. The summed E-state index contributed by atoms with van der Waals surface area (Å²) in [4.78, 5) is 15.8. The maximum absolute atomic E-state index is 13.4. The summed E-state index contributed by atoms with van der Waals surface area (Å²) in [6, 6.07) is 11.6. The van der Waals surface area contributed by atoms with Gasteiger partial charge in [-0.15, -0.1) is 0 Å². The van der Waals surface area contributed by atoms with Crippen LogP contribution in [-0.4, -0.2) is 71.4 Å². The fourth-order valence-electron chi connectivity index (χ4n) is 4.41. The molecule has 2 aliphatic rings. The molecular formula is C22H25N5O2. The topological polar surface area (TPSA) is 82.4 Å². The number of hydrogen-bond acceptors (Lipinski definition) is 6.